The fourth-order valence-corrected chi connectivity index (χ4v) is 2.40. The molecule has 8 nitrogen and oxygen atoms in total. The number of ketones is 3. The lowest BCUT2D eigenvalue weighted by atomic mass is 10.1. The summed E-state index contributed by atoms with van der Waals surface area (Å²) in [5.74, 6) is -0.688. The predicted octanol–water partition coefficient (Wildman–Crippen LogP) is 2.50. The Labute approximate surface area is 179 Å². The minimum Gasteiger partial charge on any atom is -0.504 e. The van der Waals surface area contributed by atoms with Crippen molar-refractivity contribution in [1.29, 1.82) is 0 Å². The highest BCUT2D eigenvalue weighted by Crippen LogP contribution is 2.28. The van der Waals surface area contributed by atoms with Gasteiger partial charge in [-0.2, -0.15) is 0 Å². The molecule has 0 spiro atoms. The van der Waals surface area contributed by atoms with Crippen molar-refractivity contribution in [3.63, 3.8) is 0 Å². The topological polar surface area (TPSA) is 142 Å². The van der Waals surface area contributed by atoms with Crippen LogP contribution in [0, 0.1) is 0 Å². The number of carbonyl (C=O) groups is 3. The zero-order valence-corrected chi connectivity index (χ0v) is 17.1. The maximum absolute atomic E-state index is 12.0. The van der Waals surface area contributed by atoms with Crippen molar-refractivity contribution in [1.82, 2.24) is 0 Å². The standard InChI is InChI=1S/C23H22O7.H2O/c1-15(24)14-30-23-12-17(6-10-21(23)28)4-8-19(26)13-18(25)7-3-16-5-9-20(27)22(11-16)29-2;/h3-12,27-28H,13-14H2,1-2H3;1H2/b7-3+,8-4+;. The molecule has 4 N–H and O–H groups in total. The number of rotatable bonds is 10. The number of Topliss-reactive ketones (excluding diaryl/α,β-unsaturated/α-hetero) is 1. The summed E-state index contributed by atoms with van der Waals surface area (Å²) in [6.45, 7) is 1.19. The van der Waals surface area contributed by atoms with Crippen molar-refractivity contribution in [2.45, 2.75) is 13.3 Å². The number of phenolic OH excluding ortho intramolecular Hbond substituents is 2. The van der Waals surface area contributed by atoms with Gasteiger partial charge in [0.1, 0.15) is 6.61 Å². The van der Waals surface area contributed by atoms with Crippen LogP contribution in [0.5, 0.6) is 23.0 Å². The molecule has 0 aliphatic carbocycles. The third-order valence-electron chi connectivity index (χ3n) is 3.89. The molecule has 0 aromatic heterocycles. The minimum absolute atomic E-state index is 0. The van der Waals surface area contributed by atoms with Gasteiger partial charge in [0.25, 0.3) is 0 Å². The number of aromatic hydroxyl groups is 2. The lowest BCUT2D eigenvalue weighted by Crippen LogP contribution is -2.06. The molecule has 0 amide bonds. The van der Waals surface area contributed by atoms with Crippen LogP contribution < -0.4 is 9.47 Å². The van der Waals surface area contributed by atoms with Crippen LogP contribution in [0.15, 0.2) is 48.6 Å². The summed E-state index contributed by atoms with van der Waals surface area (Å²) in [4.78, 5) is 35.0. The number of carbonyl (C=O) groups excluding carboxylic acids is 3. The number of ether oxygens (including phenoxy) is 2. The van der Waals surface area contributed by atoms with E-state index in [2.05, 4.69) is 0 Å². The number of hydrogen-bond donors (Lipinski definition) is 2. The van der Waals surface area contributed by atoms with Crippen molar-refractivity contribution in [2.24, 2.45) is 0 Å². The molecule has 0 saturated carbocycles. The molecule has 0 radical (unpaired) electrons. The molecule has 0 atom stereocenters. The Hall–Kier alpha value is -3.91. The first-order valence-corrected chi connectivity index (χ1v) is 9.02. The van der Waals surface area contributed by atoms with Gasteiger partial charge in [-0.3, -0.25) is 14.4 Å². The third kappa shape index (κ3) is 8.15. The summed E-state index contributed by atoms with van der Waals surface area (Å²) in [6.07, 6.45) is 5.25. The predicted molar refractivity (Wildman–Crippen MR) is 115 cm³/mol. The minimum atomic E-state index is -0.396. The Morgan fingerprint density at radius 2 is 1.35 bits per heavy atom. The lowest BCUT2D eigenvalue weighted by Gasteiger charge is -2.07. The second-order valence-corrected chi connectivity index (χ2v) is 6.43. The molecule has 2 aromatic rings. The van der Waals surface area contributed by atoms with E-state index in [1.54, 1.807) is 18.2 Å². The van der Waals surface area contributed by atoms with E-state index in [9.17, 15) is 24.6 Å². The number of benzene rings is 2. The zero-order valence-electron chi connectivity index (χ0n) is 17.1. The van der Waals surface area contributed by atoms with Crippen molar-refractivity contribution >= 4 is 29.5 Å². The lowest BCUT2D eigenvalue weighted by molar-refractivity contribution is -0.122. The average molecular weight is 428 g/mol. The van der Waals surface area contributed by atoms with Crippen LogP contribution in [0.4, 0.5) is 0 Å². The van der Waals surface area contributed by atoms with Crippen molar-refractivity contribution < 1.29 is 39.5 Å². The van der Waals surface area contributed by atoms with Gasteiger partial charge in [0.05, 0.1) is 13.5 Å². The maximum atomic E-state index is 12.0. The molecule has 0 saturated heterocycles. The number of allylic oxidation sites excluding steroid dienone is 2. The Morgan fingerprint density at radius 3 is 1.84 bits per heavy atom. The first-order chi connectivity index (χ1) is 14.3. The smallest absolute Gasteiger partial charge is 0.167 e. The molecule has 164 valence electrons. The van der Waals surface area contributed by atoms with Gasteiger partial charge in [0, 0.05) is 0 Å². The van der Waals surface area contributed by atoms with E-state index >= 15 is 0 Å². The van der Waals surface area contributed by atoms with Gasteiger partial charge in [-0.25, -0.2) is 0 Å². The largest absolute Gasteiger partial charge is 0.504 e. The molecule has 8 heteroatoms. The van der Waals surface area contributed by atoms with Gasteiger partial charge >= 0.3 is 0 Å². The van der Waals surface area contributed by atoms with Crippen molar-refractivity contribution in [2.75, 3.05) is 13.7 Å². The molecular weight excluding hydrogens is 404 g/mol. The van der Waals surface area contributed by atoms with Gasteiger partial charge < -0.3 is 25.2 Å². The van der Waals surface area contributed by atoms with E-state index in [0.29, 0.717) is 11.1 Å². The first-order valence-electron chi connectivity index (χ1n) is 9.02. The molecule has 0 fully saturated rings. The number of hydrogen-bond acceptors (Lipinski definition) is 7. The maximum Gasteiger partial charge on any atom is 0.167 e. The Balaban J connectivity index is 0.00000480. The van der Waals surface area contributed by atoms with E-state index in [1.165, 1.54) is 56.5 Å². The van der Waals surface area contributed by atoms with Crippen molar-refractivity contribution in [3.05, 3.63) is 59.7 Å². The third-order valence-corrected chi connectivity index (χ3v) is 3.89. The van der Waals surface area contributed by atoms with E-state index in [0.717, 1.165) is 0 Å². The molecule has 2 rings (SSSR count). The Kier molecular flexibility index (Phi) is 9.68. The molecule has 0 bridgehead atoms. The summed E-state index contributed by atoms with van der Waals surface area (Å²) in [5, 5.41) is 19.3. The quantitative estimate of drug-likeness (QED) is 0.437. The van der Waals surface area contributed by atoms with Crippen molar-refractivity contribution in [3.8, 4) is 23.0 Å². The molecule has 2 aromatic carbocycles. The van der Waals surface area contributed by atoms with Crippen LogP contribution in [-0.4, -0.2) is 46.8 Å². The van der Waals surface area contributed by atoms with Crippen LogP contribution in [0.2, 0.25) is 0 Å². The van der Waals surface area contributed by atoms with E-state index in [4.69, 9.17) is 9.47 Å². The summed E-state index contributed by atoms with van der Waals surface area (Å²) in [7, 11) is 1.42. The van der Waals surface area contributed by atoms with E-state index in [1.807, 2.05) is 0 Å². The molecule has 0 aliphatic heterocycles. The van der Waals surface area contributed by atoms with Crippen LogP contribution in [0.3, 0.4) is 0 Å². The van der Waals surface area contributed by atoms with Gasteiger partial charge in [0.2, 0.25) is 0 Å². The summed E-state index contributed by atoms with van der Waals surface area (Å²) >= 11 is 0. The highest BCUT2D eigenvalue weighted by molar-refractivity contribution is 6.10. The first kappa shape index (κ1) is 25.1. The molecule has 0 unspecified atom stereocenters. The highest BCUT2D eigenvalue weighted by atomic mass is 16.5. The van der Waals surface area contributed by atoms with Crippen LogP contribution >= 0.6 is 0 Å². The second-order valence-electron chi connectivity index (χ2n) is 6.43. The monoisotopic (exact) mass is 428 g/mol. The summed E-state index contributed by atoms with van der Waals surface area (Å²) in [6, 6.07) is 9.07. The van der Waals surface area contributed by atoms with Crippen LogP contribution in [-0.2, 0) is 14.4 Å². The van der Waals surface area contributed by atoms with E-state index < -0.39 is 5.78 Å². The zero-order chi connectivity index (χ0) is 22.1. The van der Waals surface area contributed by atoms with Gasteiger partial charge in [-0.15, -0.1) is 0 Å². The van der Waals surface area contributed by atoms with Crippen LogP contribution in [0.1, 0.15) is 24.5 Å². The average Bonchev–Trinajstić information content (AvgIpc) is 2.71. The Morgan fingerprint density at radius 1 is 0.871 bits per heavy atom. The number of methoxy groups -OCH3 is 1. The fraction of sp³-hybridized carbons (Fsp3) is 0.174. The van der Waals surface area contributed by atoms with Gasteiger partial charge in [-0.05, 0) is 54.5 Å². The summed E-state index contributed by atoms with van der Waals surface area (Å²) in [5.41, 5.74) is 1.21. The van der Waals surface area contributed by atoms with Crippen LogP contribution in [0.25, 0.3) is 12.2 Å². The van der Waals surface area contributed by atoms with Gasteiger partial charge in [0.15, 0.2) is 40.3 Å². The van der Waals surface area contributed by atoms with E-state index in [-0.39, 0.29) is 53.1 Å². The molecule has 31 heavy (non-hydrogen) atoms. The fourth-order valence-electron chi connectivity index (χ4n) is 2.40. The number of phenols is 2. The SMILES string of the molecule is COc1cc(/C=C/C(=O)CC(=O)/C=C/c2ccc(O)c(OCC(C)=O)c2)ccc1O.O. The highest BCUT2D eigenvalue weighted by Gasteiger charge is 2.07. The second kappa shape index (κ2) is 11.9. The van der Waals surface area contributed by atoms with Gasteiger partial charge in [-0.1, -0.05) is 24.3 Å². The summed E-state index contributed by atoms with van der Waals surface area (Å²) < 4.78 is 10.2. The Bertz CT molecular complexity index is 1000. The molecular formula is C23H24O8. The molecule has 0 heterocycles. The molecule has 0 aliphatic rings. The normalized spacial score (nSPS) is 10.6.